The summed E-state index contributed by atoms with van der Waals surface area (Å²) in [4.78, 5) is 43.6. The second-order valence-electron chi connectivity index (χ2n) is 6.92. The van der Waals surface area contributed by atoms with Gasteiger partial charge in [0.2, 0.25) is 11.3 Å². The number of carbonyl (C=O) groups excluding carboxylic acids is 2. The van der Waals surface area contributed by atoms with Gasteiger partial charge in [-0.1, -0.05) is 6.07 Å². The molecular formula is C22H22N4O6. The van der Waals surface area contributed by atoms with Gasteiger partial charge in [0, 0.05) is 24.2 Å². The van der Waals surface area contributed by atoms with Crippen molar-refractivity contribution >= 4 is 11.9 Å². The maximum Gasteiger partial charge on any atom is 0.342 e. The molecule has 1 aliphatic heterocycles. The molecule has 0 spiro atoms. The number of hydrogen-bond acceptors (Lipinski definition) is 9. The van der Waals surface area contributed by atoms with E-state index in [0.717, 1.165) is 0 Å². The third-order valence-electron chi connectivity index (χ3n) is 4.98. The highest BCUT2D eigenvalue weighted by Gasteiger charge is 2.57. The summed E-state index contributed by atoms with van der Waals surface area (Å²) < 4.78 is 17.0. The first-order valence-electron chi connectivity index (χ1n) is 9.89. The van der Waals surface area contributed by atoms with Crippen molar-refractivity contribution in [2.24, 2.45) is 5.73 Å². The highest BCUT2D eigenvalue weighted by atomic mass is 16.5. The number of rotatable bonds is 6. The Hall–Kier alpha value is -4.13. The molecule has 0 saturated carbocycles. The van der Waals surface area contributed by atoms with Crippen LogP contribution in [-0.4, -0.2) is 34.7 Å². The molecule has 0 saturated heterocycles. The third kappa shape index (κ3) is 3.58. The lowest BCUT2D eigenvalue weighted by Crippen LogP contribution is -2.50. The number of aryl methyl sites for hydroxylation is 1. The van der Waals surface area contributed by atoms with Crippen LogP contribution < -0.4 is 16.0 Å². The number of pyridine rings is 2. The predicted octanol–water partition coefficient (Wildman–Crippen LogP) is 1.05. The molecule has 0 aromatic carbocycles. The largest absolute Gasteiger partial charge is 0.464 e. The van der Waals surface area contributed by atoms with E-state index in [2.05, 4.69) is 4.98 Å². The number of carbonyl (C=O) groups is 2. The lowest BCUT2D eigenvalue weighted by Gasteiger charge is -2.32. The Bertz CT molecular complexity index is 1200. The molecule has 0 aliphatic carbocycles. The molecule has 166 valence electrons. The SMILES string of the molecule is CCOC(=O)C1=C(N)Oc2cc(C)n(Cc3cccnc3)c(=O)c2C1(C#N)C(=O)OCC. The minimum absolute atomic E-state index is 0.0497. The van der Waals surface area contributed by atoms with Crippen molar-refractivity contribution < 1.29 is 23.8 Å². The maximum absolute atomic E-state index is 13.6. The molecule has 1 unspecified atom stereocenters. The zero-order valence-electron chi connectivity index (χ0n) is 17.9. The lowest BCUT2D eigenvalue weighted by atomic mass is 9.73. The van der Waals surface area contributed by atoms with Gasteiger partial charge in [-0.2, -0.15) is 5.26 Å². The van der Waals surface area contributed by atoms with E-state index in [4.69, 9.17) is 19.9 Å². The van der Waals surface area contributed by atoms with E-state index >= 15 is 0 Å². The van der Waals surface area contributed by atoms with E-state index in [9.17, 15) is 19.6 Å². The molecule has 2 N–H and O–H groups in total. The quantitative estimate of drug-likeness (QED) is 0.654. The Morgan fingerprint density at radius 1 is 1.31 bits per heavy atom. The number of nitrogens with zero attached hydrogens (tertiary/aromatic N) is 3. The number of aromatic nitrogens is 2. The fourth-order valence-corrected chi connectivity index (χ4v) is 3.57. The minimum Gasteiger partial charge on any atom is -0.464 e. The van der Waals surface area contributed by atoms with Crippen molar-refractivity contribution in [1.82, 2.24) is 9.55 Å². The van der Waals surface area contributed by atoms with Crippen LogP contribution in [0.1, 0.15) is 30.7 Å². The van der Waals surface area contributed by atoms with Crippen molar-refractivity contribution in [3.63, 3.8) is 0 Å². The smallest absolute Gasteiger partial charge is 0.342 e. The van der Waals surface area contributed by atoms with Gasteiger partial charge in [0.25, 0.3) is 5.56 Å². The molecule has 2 aromatic heterocycles. The van der Waals surface area contributed by atoms with Gasteiger partial charge in [-0.15, -0.1) is 0 Å². The average molecular weight is 438 g/mol. The highest BCUT2D eigenvalue weighted by molar-refractivity contribution is 6.05. The van der Waals surface area contributed by atoms with Gasteiger partial charge in [-0.05, 0) is 32.4 Å². The van der Waals surface area contributed by atoms with E-state index < -0.39 is 34.4 Å². The van der Waals surface area contributed by atoms with Crippen LogP contribution in [0.15, 0.2) is 46.8 Å². The van der Waals surface area contributed by atoms with Crippen LogP contribution in [0.4, 0.5) is 0 Å². The zero-order valence-corrected chi connectivity index (χ0v) is 17.9. The minimum atomic E-state index is -2.46. The topological polar surface area (TPSA) is 147 Å². The molecule has 0 bridgehead atoms. The Balaban J connectivity index is 2.34. The number of fused-ring (bicyclic) bond motifs is 1. The van der Waals surface area contributed by atoms with Crippen LogP contribution in [0.3, 0.4) is 0 Å². The van der Waals surface area contributed by atoms with Crippen LogP contribution in [0.5, 0.6) is 5.75 Å². The van der Waals surface area contributed by atoms with Crippen LogP contribution in [0.2, 0.25) is 0 Å². The third-order valence-corrected chi connectivity index (χ3v) is 4.98. The Kier molecular flexibility index (Phi) is 6.30. The van der Waals surface area contributed by atoms with Crippen LogP contribution in [-0.2, 0) is 31.0 Å². The van der Waals surface area contributed by atoms with E-state index in [1.807, 2.05) is 6.07 Å². The molecule has 3 rings (SSSR count). The number of nitriles is 1. The fourth-order valence-electron chi connectivity index (χ4n) is 3.57. The van der Waals surface area contributed by atoms with Crippen LogP contribution in [0.25, 0.3) is 0 Å². The molecule has 1 aliphatic rings. The number of ether oxygens (including phenoxy) is 3. The maximum atomic E-state index is 13.6. The van der Waals surface area contributed by atoms with Gasteiger partial charge in [0.1, 0.15) is 11.3 Å². The molecule has 2 aromatic rings. The molecule has 10 heteroatoms. The second kappa shape index (κ2) is 8.93. The Labute approximate surface area is 183 Å². The van der Waals surface area contributed by atoms with Crippen molar-refractivity contribution in [3.05, 3.63) is 69.2 Å². The molecule has 0 radical (unpaired) electrons. The Morgan fingerprint density at radius 2 is 2.03 bits per heavy atom. The summed E-state index contributed by atoms with van der Waals surface area (Å²) in [6.07, 6.45) is 3.19. The van der Waals surface area contributed by atoms with Crippen molar-refractivity contribution in [2.45, 2.75) is 32.7 Å². The molecule has 3 heterocycles. The summed E-state index contributed by atoms with van der Waals surface area (Å²) >= 11 is 0. The van der Waals surface area contributed by atoms with Gasteiger partial charge < -0.3 is 24.5 Å². The fraction of sp³-hybridized carbons (Fsp3) is 0.318. The molecule has 32 heavy (non-hydrogen) atoms. The first-order chi connectivity index (χ1) is 15.3. The van der Waals surface area contributed by atoms with Gasteiger partial charge in [-0.25, -0.2) is 9.59 Å². The van der Waals surface area contributed by atoms with Crippen molar-refractivity contribution in [3.8, 4) is 11.8 Å². The highest BCUT2D eigenvalue weighted by Crippen LogP contribution is 2.43. The molecule has 10 nitrogen and oxygen atoms in total. The summed E-state index contributed by atoms with van der Waals surface area (Å²) in [5.74, 6) is -2.78. The zero-order chi connectivity index (χ0) is 23.5. The molecular weight excluding hydrogens is 416 g/mol. The van der Waals surface area contributed by atoms with E-state index in [1.165, 1.54) is 17.6 Å². The van der Waals surface area contributed by atoms with Gasteiger partial charge >= 0.3 is 11.9 Å². The van der Waals surface area contributed by atoms with Crippen LogP contribution in [0, 0.1) is 18.3 Å². The first kappa shape index (κ1) is 22.6. The van der Waals surface area contributed by atoms with Crippen molar-refractivity contribution in [2.75, 3.05) is 13.2 Å². The van der Waals surface area contributed by atoms with Crippen molar-refractivity contribution in [1.29, 1.82) is 5.26 Å². The molecule has 0 amide bonds. The first-order valence-corrected chi connectivity index (χ1v) is 9.89. The Morgan fingerprint density at radius 3 is 2.62 bits per heavy atom. The van der Waals surface area contributed by atoms with Gasteiger partial charge in [0.15, 0.2) is 0 Å². The number of esters is 2. The summed E-state index contributed by atoms with van der Waals surface area (Å²) in [5, 5.41) is 10.2. The predicted molar refractivity (Wildman–Crippen MR) is 111 cm³/mol. The van der Waals surface area contributed by atoms with E-state index in [1.54, 1.807) is 38.4 Å². The lowest BCUT2D eigenvalue weighted by molar-refractivity contribution is -0.150. The average Bonchev–Trinajstić information content (AvgIpc) is 2.76. The number of nitrogens with two attached hydrogens (primary N) is 1. The molecule has 1 atom stereocenters. The molecule has 0 fully saturated rings. The number of hydrogen-bond donors (Lipinski definition) is 1. The standard InChI is InChI=1S/C22H22N4O6/c1-4-30-20(28)17-18(24)32-15-9-13(3)26(11-14-7-6-8-25-10-14)19(27)16(15)22(17,12-23)21(29)31-5-2/h6-10H,4-5,11,24H2,1-3H3. The monoisotopic (exact) mass is 438 g/mol. The second-order valence-corrected chi connectivity index (χ2v) is 6.92. The van der Waals surface area contributed by atoms with Crippen LogP contribution >= 0.6 is 0 Å². The summed E-state index contributed by atoms with van der Waals surface area (Å²) in [6, 6.07) is 6.79. The van der Waals surface area contributed by atoms with Gasteiger partial charge in [0.05, 0.1) is 31.4 Å². The van der Waals surface area contributed by atoms with E-state index in [-0.39, 0.29) is 31.1 Å². The summed E-state index contributed by atoms with van der Waals surface area (Å²) in [5.41, 5.74) is 3.06. The normalized spacial score (nSPS) is 17.1. The van der Waals surface area contributed by atoms with E-state index in [0.29, 0.717) is 11.3 Å². The summed E-state index contributed by atoms with van der Waals surface area (Å²) in [6.45, 7) is 4.73. The van der Waals surface area contributed by atoms with Gasteiger partial charge in [-0.3, -0.25) is 9.78 Å². The summed E-state index contributed by atoms with van der Waals surface area (Å²) in [7, 11) is 0.